The van der Waals surface area contributed by atoms with Crippen molar-refractivity contribution >= 4 is 17.3 Å². The molecule has 0 radical (unpaired) electrons. The maximum Gasteiger partial charge on any atom is 0.306 e. The van der Waals surface area contributed by atoms with Gasteiger partial charge in [0.25, 0.3) is 5.91 Å². The lowest BCUT2D eigenvalue weighted by Crippen LogP contribution is -2.24. The van der Waals surface area contributed by atoms with E-state index in [-0.39, 0.29) is 23.5 Å². The molecule has 0 spiro atoms. The Kier molecular flexibility index (Phi) is 4.47. The Morgan fingerprint density at radius 1 is 1.14 bits per heavy atom. The molecule has 2 aromatic rings. The smallest absolute Gasteiger partial charge is 0.306 e. The van der Waals surface area contributed by atoms with Crippen molar-refractivity contribution in [3.8, 4) is 0 Å². The predicted octanol–water partition coefficient (Wildman–Crippen LogP) is 1.81. The molecule has 0 aliphatic carbocycles. The lowest BCUT2D eigenvalue weighted by molar-refractivity contribution is -0.384. The average Bonchev–Trinajstić information content (AvgIpc) is 2.52. The van der Waals surface area contributed by atoms with Crippen LogP contribution in [0.1, 0.15) is 15.9 Å². The number of benzene rings is 2. The minimum atomic E-state index is -0.632. The third-order valence-corrected chi connectivity index (χ3v) is 2.91. The molecule has 0 fully saturated rings. The molecule has 0 atom stereocenters. The van der Waals surface area contributed by atoms with Gasteiger partial charge in [0.05, 0.1) is 4.92 Å². The normalized spacial score (nSPS) is 9.95. The average molecular weight is 286 g/mol. The van der Waals surface area contributed by atoms with Crippen LogP contribution >= 0.6 is 0 Å². The number of hydrogen-bond donors (Lipinski definition) is 3. The Balaban J connectivity index is 2.21. The van der Waals surface area contributed by atoms with Crippen LogP contribution in [0, 0.1) is 10.1 Å². The van der Waals surface area contributed by atoms with E-state index in [0.717, 1.165) is 5.56 Å². The monoisotopic (exact) mass is 286 g/mol. The quantitative estimate of drug-likeness (QED) is 0.441. The number of rotatable bonds is 5. The number of nitrogens with zero attached hydrogens (tertiary/aromatic N) is 1. The number of nitro groups is 1. The van der Waals surface area contributed by atoms with E-state index in [4.69, 9.17) is 5.84 Å². The van der Waals surface area contributed by atoms with E-state index in [1.165, 1.54) is 18.2 Å². The van der Waals surface area contributed by atoms with Crippen LogP contribution in [0.5, 0.6) is 0 Å². The summed E-state index contributed by atoms with van der Waals surface area (Å²) in [5, 5.41) is 13.8. The Morgan fingerprint density at radius 3 is 2.48 bits per heavy atom. The molecular weight excluding hydrogens is 272 g/mol. The van der Waals surface area contributed by atoms with Crippen LogP contribution in [0.2, 0.25) is 0 Å². The second kappa shape index (κ2) is 6.49. The van der Waals surface area contributed by atoms with Crippen LogP contribution in [-0.4, -0.2) is 10.8 Å². The van der Waals surface area contributed by atoms with E-state index in [2.05, 4.69) is 10.7 Å². The van der Waals surface area contributed by atoms with Crippen molar-refractivity contribution in [1.82, 2.24) is 5.32 Å². The summed E-state index contributed by atoms with van der Waals surface area (Å²) < 4.78 is 0. The van der Waals surface area contributed by atoms with Gasteiger partial charge >= 0.3 is 5.69 Å². The van der Waals surface area contributed by atoms with Crippen molar-refractivity contribution < 1.29 is 9.72 Å². The zero-order chi connectivity index (χ0) is 15.2. The highest BCUT2D eigenvalue weighted by molar-refractivity contribution is 6.00. The van der Waals surface area contributed by atoms with Gasteiger partial charge in [-0.25, -0.2) is 0 Å². The van der Waals surface area contributed by atoms with Gasteiger partial charge in [-0.1, -0.05) is 36.4 Å². The standard InChI is InChI=1S/C14H14N4O3/c15-17-12-8-4-7-11(13(12)18(20)21)14(19)16-9-10-5-2-1-3-6-10/h1-8,17H,9,15H2,(H,16,19). The van der Waals surface area contributed by atoms with Gasteiger partial charge in [-0.15, -0.1) is 0 Å². The highest BCUT2D eigenvalue weighted by atomic mass is 16.6. The topological polar surface area (TPSA) is 110 Å². The number of carbonyl (C=O) groups is 1. The zero-order valence-corrected chi connectivity index (χ0v) is 11.1. The van der Waals surface area contributed by atoms with E-state index in [1.54, 1.807) is 0 Å². The molecule has 0 saturated carbocycles. The van der Waals surface area contributed by atoms with Gasteiger partial charge in [-0.3, -0.25) is 20.8 Å². The van der Waals surface area contributed by atoms with Crippen LogP contribution in [0.3, 0.4) is 0 Å². The summed E-state index contributed by atoms with van der Waals surface area (Å²) in [6.07, 6.45) is 0. The first kappa shape index (κ1) is 14.5. The number of para-hydroxylation sites is 1. The minimum absolute atomic E-state index is 0.0358. The summed E-state index contributed by atoms with van der Waals surface area (Å²) in [6, 6.07) is 13.6. The highest BCUT2D eigenvalue weighted by Gasteiger charge is 2.23. The molecule has 0 aromatic heterocycles. The second-order valence-electron chi connectivity index (χ2n) is 4.27. The molecule has 108 valence electrons. The summed E-state index contributed by atoms with van der Waals surface area (Å²) in [5.41, 5.74) is 2.84. The number of carbonyl (C=O) groups excluding carboxylic acids is 1. The van der Waals surface area contributed by atoms with Crippen LogP contribution in [0.4, 0.5) is 11.4 Å². The van der Waals surface area contributed by atoms with Gasteiger partial charge < -0.3 is 10.7 Å². The molecule has 0 saturated heterocycles. The fourth-order valence-corrected chi connectivity index (χ4v) is 1.91. The van der Waals surface area contributed by atoms with Gasteiger partial charge in [0.2, 0.25) is 0 Å². The maximum absolute atomic E-state index is 12.1. The second-order valence-corrected chi connectivity index (χ2v) is 4.27. The van der Waals surface area contributed by atoms with Crippen molar-refractivity contribution in [2.24, 2.45) is 5.84 Å². The molecule has 0 aliphatic rings. The molecule has 2 aromatic carbocycles. The van der Waals surface area contributed by atoms with Crippen molar-refractivity contribution in [3.05, 3.63) is 69.8 Å². The van der Waals surface area contributed by atoms with Gasteiger partial charge in [0, 0.05) is 6.54 Å². The first-order valence-corrected chi connectivity index (χ1v) is 6.19. The van der Waals surface area contributed by atoms with Crippen LogP contribution in [0.25, 0.3) is 0 Å². The van der Waals surface area contributed by atoms with Crippen LogP contribution in [0.15, 0.2) is 48.5 Å². The van der Waals surface area contributed by atoms with E-state index in [9.17, 15) is 14.9 Å². The Morgan fingerprint density at radius 2 is 1.86 bits per heavy atom. The van der Waals surface area contributed by atoms with E-state index in [1.807, 2.05) is 30.3 Å². The van der Waals surface area contributed by atoms with Crippen molar-refractivity contribution in [1.29, 1.82) is 0 Å². The fraction of sp³-hybridized carbons (Fsp3) is 0.0714. The maximum atomic E-state index is 12.1. The molecule has 0 bridgehead atoms. The van der Waals surface area contributed by atoms with Crippen LogP contribution in [-0.2, 0) is 6.54 Å². The SMILES string of the molecule is NNc1cccc(C(=O)NCc2ccccc2)c1[N+](=O)[O-]. The molecule has 7 heteroatoms. The highest BCUT2D eigenvalue weighted by Crippen LogP contribution is 2.27. The number of nitrogens with two attached hydrogens (primary N) is 1. The Bertz CT molecular complexity index is 659. The Hall–Kier alpha value is -2.93. The first-order valence-electron chi connectivity index (χ1n) is 6.19. The predicted molar refractivity (Wildman–Crippen MR) is 78.5 cm³/mol. The zero-order valence-electron chi connectivity index (χ0n) is 11.1. The molecular formula is C14H14N4O3. The molecule has 0 aliphatic heterocycles. The number of nitrogen functional groups attached to an aromatic ring is 1. The Labute approximate surface area is 120 Å². The first-order chi connectivity index (χ1) is 10.1. The van der Waals surface area contributed by atoms with Crippen LogP contribution < -0.4 is 16.6 Å². The molecule has 7 nitrogen and oxygen atoms in total. The van der Waals surface area contributed by atoms with Gasteiger partial charge in [0.1, 0.15) is 11.3 Å². The summed E-state index contributed by atoms with van der Waals surface area (Å²) in [7, 11) is 0. The molecule has 0 unspecified atom stereocenters. The third-order valence-electron chi connectivity index (χ3n) is 2.91. The van der Waals surface area contributed by atoms with Crippen molar-refractivity contribution in [3.63, 3.8) is 0 Å². The molecule has 21 heavy (non-hydrogen) atoms. The van der Waals surface area contributed by atoms with E-state index in [0.29, 0.717) is 0 Å². The van der Waals surface area contributed by atoms with Gasteiger partial charge in [-0.05, 0) is 17.7 Å². The third kappa shape index (κ3) is 3.34. The minimum Gasteiger partial charge on any atom is -0.348 e. The van der Waals surface area contributed by atoms with E-state index >= 15 is 0 Å². The summed E-state index contributed by atoms with van der Waals surface area (Å²) in [6.45, 7) is 0.289. The molecule has 2 rings (SSSR count). The number of nitrogens with one attached hydrogen (secondary N) is 2. The fourth-order valence-electron chi connectivity index (χ4n) is 1.91. The lowest BCUT2D eigenvalue weighted by atomic mass is 10.1. The number of anilines is 1. The van der Waals surface area contributed by atoms with Gasteiger partial charge in [-0.2, -0.15) is 0 Å². The number of hydrogen-bond acceptors (Lipinski definition) is 5. The number of amides is 1. The summed E-state index contributed by atoms with van der Waals surface area (Å²) in [4.78, 5) is 22.6. The van der Waals surface area contributed by atoms with Crippen molar-refractivity contribution in [2.75, 3.05) is 5.43 Å². The molecule has 4 N–H and O–H groups in total. The number of nitro benzene ring substituents is 1. The van der Waals surface area contributed by atoms with Crippen molar-refractivity contribution in [2.45, 2.75) is 6.54 Å². The largest absolute Gasteiger partial charge is 0.348 e. The summed E-state index contributed by atoms with van der Waals surface area (Å²) in [5.74, 6) is 4.71. The molecule has 1 amide bonds. The van der Waals surface area contributed by atoms with E-state index < -0.39 is 10.8 Å². The lowest BCUT2D eigenvalue weighted by Gasteiger charge is -2.08. The van der Waals surface area contributed by atoms with Gasteiger partial charge in [0.15, 0.2) is 0 Å². The number of hydrazine groups is 1. The molecule has 0 heterocycles. The summed E-state index contributed by atoms with van der Waals surface area (Å²) >= 11 is 0.